The molecule has 0 unspecified atom stereocenters. The molecule has 0 aromatic carbocycles. The van der Waals surface area contributed by atoms with Gasteiger partial charge in [0, 0.05) is 44.4 Å². The summed E-state index contributed by atoms with van der Waals surface area (Å²) in [5, 5.41) is 31.2. The van der Waals surface area contributed by atoms with Gasteiger partial charge in [-0.3, -0.25) is 0 Å². The van der Waals surface area contributed by atoms with Crippen molar-refractivity contribution in [3.05, 3.63) is 29.0 Å². The second kappa shape index (κ2) is 11.1. The largest absolute Gasteiger partial charge is 0.383 e. The Morgan fingerprint density at radius 1 is 1.13 bits per heavy atom. The normalized spacial score (nSPS) is 11.0. The highest BCUT2D eigenvalue weighted by Gasteiger charge is 2.17. The minimum atomic E-state index is 0.165. The highest BCUT2D eigenvalue weighted by Crippen LogP contribution is 2.34. The zero-order valence-corrected chi connectivity index (χ0v) is 18.2. The SMILES string of the molecule is COCCNc1nc(NCCOC)c(/N=N/c2ncn(-c3nccs3)n2)c(C)c1C#N. The van der Waals surface area contributed by atoms with Crippen LogP contribution in [0.5, 0.6) is 0 Å². The van der Waals surface area contributed by atoms with Gasteiger partial charge in [0.25, 0.3) is 5.95 Å². The Labute approximate surface area is 183 Å². The van der Waals surface area contributed by atoms with Gasteiger partial charge in [-0.15, -0.1) is 26.7 Å². The molecule has 0 amide bonds. The molecule has 0 aliphatic heterocycles. The van der Waals surface area contributed by atoms with Crippen molar-refractivity contribution < 1.29 is 9.47 Å². The molecular weight excluding hydrogens is 420 g/mol. The summed E-state index contributed by atoms with van der Waals surface area (Å²) in [5.41, 5.74) is 1.43. The molecule has 0 bridgehead atoms. The molecule has 0 radical (unpaired) electrons. The second-order valence-corrected chi connectivity index (χ2v) is 6.99. The number of nitrogens with one attached hydrogen (secondary N) is 2. The van der Waals surface area contributed by atoms with Crippen molar-refractivity contribution in [2.45, 2.75) is 6.92 Å². The maximum Gasteiger partial charge on any atom is 0.287 e. The van der Waals surface area contributed by atoms with Gasteiger partial charge < -0.3 is 20.1 Å². The third-order valence-electron chi connectivity index (χ3n) is 4.06. The van der Waals surface area contributed by atoms with E-state index in [1.165, 1.54) is 22.3 Å². The second-order valence-electron chi connectivity index (χ2n) is 6.11. The molecule has 0 atom stereocenters. The molecule has 162 valence electrons. The van der Waals surface area contributed by atoms with Crippen LogP contribution in [0.2, 0.25) is 0 Å². The minimum Gasteiger partial charge on any atom is -0.383 e. The van der Waals surface area contributed by atoms with Crippen molar-refractivity contribution in [2.24, 2.45) is 10.2 Å². The molecule has 31 heavy (non-hydrogen) atoms. The molecule has 0 aliphatic carbocycles. The van der Waals surface area contributed by atoms with E-state index >= 15 is 0 Å². The van der Waals surface area contributed by atoms with Gasteiger partial charge in [0.15, 0.2) is 5.82 Å². The Kier molecular flexibility index (Phi) is 7.93. The summed E-state index contributed by atoms with van der Waals surface area (Å²) in [5.74, 6) is 1.08. The maximum absolute atomic E-state index is 9.67. The number of pyridine rings is 1. The van der Waals surface area contributed by atoms with Gasteiger partial charge in [-0.25, -0.2) is 9.97 Å². The van der Waals surface area contributed by atoms with Crippen molar-refractivity contribution in [1.29, 1.82) is 5.26 Å². The Balaban J connectivity index is 1.92. The van der Waals surface area contributed by atoms with Crippen molar-refractivity contribution in [3.63, 3.8) is 0 Å². The van der Waals surface area contributed by atoms with Crippen LogP contribution >= 0.6 is 11.3 Å². The van der Waals surface area contributed by atoms with Crippen LogP contribution in [0.1, 0.15) is 11.1 Å². The van der Waals surface area contributed by atoms with Crippen LogP contribution in [0.15, 0.2) is 28.1 Å². The number of anilines is 2. The van der Waals surface area contributed by atoms with Gasteiger partial charge in [0.05, 0.1) is 18.8 Å². The van der Waals surface area contributed by atoms with E-state index in [1.807, 2.05) is 5.38 Å². The first-order chi connectivity index (χ1) is 15.2. The fourth-order valence-corrected chi connectivity index (χ4v) is 3.12. The van der Waals surface area contributed by atoms with Gasteiger partial charge in [-0.1, -0.05) is 0 Å². The third kappa shape index (κ3) is 5.57. The average molecular weight is 443 g/mol. The van der Waals surface area contributed by atoms with Crippen LogP contribution in [0, 0.1) is 18.3 Å². The first kappa shape index (κ1) is 22.2. The van der Waals surface area contributed by atoms with E-state index in [0.717, 1.165) is 0 Å². The number of hydrogen-bond acceptors (Lipinski definition) is 12. The Morgan fingerprint density at radius 3 is 2.52 bits per heavy atom. The van der Waals surface area contributed by atoms with Crippen LogP contribution in [0.4, 0.5) is 23.3 Å². The van der Waals surface area contributed by atoms with E-state index in [9.17, 15) is 5.26 Å². The molecule has 0 aliphatic rings. The summed E-state index contributed by atoms with van der Waals surface area (Å²) < 4.78 is 11.7. The highest BCUT2D eigenvalue weighted by atomic mass is 32.1. The summed E-state index contributed by atoms with van der Waals surface area (Å²) >= 11 is 1.43. The van der Waals surface area contributed by atoms with E-state index in [0.29, 0.717) is 59.9 Å². The molecule has 0 saturated carbocycles. The number of nitrogens with zero attached hydrogens (tertiary/aromatic N) is 8. The number of aromatic nitrogens is 5. The lowest BCUT2D eigenvalue weighted by Gasteiger charge is -2.15. The molecule has 0 spiro atoms. The number of ether oxygens (including phenoxy) is 2. The van der Waals surface area contributed by atoms with E-state index in [4.69, 9.17) is 9.47 Å². The number of hydrogen-bond donors (Lipinski definition) is 2. The molecule has 3 aromatic heterocycles. The molecule has 2 N–H and O–H groups in total. The van der Waals surface area contributed by atoms with Crippen molar-refractivity contribution >= 4 is 34.6 Å². The van der Waals surface area contributed by atoms with Crippen molar-refractivity contribution in [3.8, 4) is 11.2 Å². The predicted octanol–water partition coefficient (Wildman–Crippen LogP) is 2.83. The van der Waals surface area contributed by atoms with Gasteiger partial charge in [0.2, 0.25) is 5.13 Å². The van der Waals surface area contributed by atoms with Gasteiger partial charge >= 0.3 is 0 Å². The van der Waals surface area contributed by atoms with Gasteiger partial charge in [0.1, 0.15) is 23.9 Å². The van der Waals surface area contributed by atoms with Crippen LogP contribution in [0.25, 0.3) is 5.13 Å². The van der Waals surface area contributed by atoms with E-state index < -0.39 is 0 Å². The maximum atomic E-state index is 9.67. The number of methoxy groups -OCH3 is 2. The molecule has 13 heteroatoms. The van der Waals surface area contributed by atoms with Crippen LogP contribution in [0.3, 0.4) is 0 Å². The van der Waals surface area contributed by atoms with Crippen molar-refractivity contribution in [1.82, 2.24) is 24.7 Å². The predicted molar refractivity (Wildman–Crippen MR) is 116 cm³/mol. The Hall–Kier alpha value is -3.47. The molecular formula is C18H22N10O2S. The Morgan fingerprint density at radius 2 is 1.87 bits per heavy atom. The Bertz CT molecular complexity index is 1060. The zero-order chi connectivity index (χ0) is 22.1. The summed E-state index contributed by atoms with van der Waals surface area (Å²) in [6, 6.07) is 2.18. The summed E-state index contributed by atoms with van der Waals surface area (Å²) in [6.45, 7) is 3.76. The topological polar surface area (TPSA) is 148 Å². The summed E-state index contributed by atoms with van der Waals surface area (Å²) in [4.78, 5) is 12.9. The quantitative estimate of drug-likeness (QED) is 0.338. The van der Waals surface area contributed by atoms with Crippen LogP contribution in [-0.2, 0) is 9.47 Å². The summed E-state index contributed by atoms with van der Waals surface area (Å²) in [6.07, 6.45) is 3.20. The first-order valence-corrected chi connectivity index (χ1v) is 10.2. The fraction of sp³-hybridized carbons (Fsp3) is 0.389. The molecule has 12 nitrogen and oxygen atoms in total. The van der Waals surface area contributed by atoms with Crippen LogP contribution in [-0.4, -0.2) is 65.3 Å². The molecule has 3 heterocycles. The number of azo groups is 1. The first-order valence-electron chi connectivity index (χ1n) is 9.31. The monoisotopic (exact) mass is 442 g/mol. The zero-order valence-electron chi connectivity index (χ0n) is 17.4. The minimum absolute atomic E-state index is 0.165. The number of thiazole rings is 1. The molecule has 3 aromatic rings. The fourth-order valence-electron chi connectivity index (χ4n) is 2.56. The lowest BCUT2D eigenvalue weighted by Crippen LogP contribution is -2.14. The van der Waals surface area contributed by atoms with E-state index in [-0.39, 0.29) is 5.95 Å². The smallest absolute Gasteiger partial charge is 0.287 e. The molecule has 0 fully saturated rings. The summed E-state index contributed by atoms with van der Waals surface area (Å²) in [7, 11) is 3.22. The van der Waals surface area contributed by atoms with Crippen LogP contribution < -0.4 is 10.6 Å². The van der Waals surface area contributed by atoms with Gasteiger partial charge in [-0.2, -0.15) is 14.9 Å². The number of nitriles is 1. The van der Waals surface area contributed by atoms with Gasteiger partial charge in [-0.05, 0) is 6.92 Å². The lowest BCUT2D eigenvalue weighted by atomic mass is 10.1. The standard InChI is InChI=1S/C18H22N10O2S/c1-12-13(10-19)15(20-4-7-29-2)24-16(21-5-8-30-3)14(12)25-26-17-23-11-28(27-17)18-22-6-9-31-18/h6,9,11H,4-5,7-8H2,1-3H3,(H2,20,21,24)/b26-25+. The van der Waals surface area contributed by atoms with Crippen molar-refractivity contribution in [2.75, 3.05) is 51.2 Å². The highest BCUT2D eigenvalue weighted by molar-refractivity contribution is 7.12. The van der Waals surface area contributed by atoms with E-state index in [1.54, 1.807) is 27.3 Å². The van der Waals surface area contributed by atoms with E-state index in [2.05, 4.69) is 47.0 Å². The number of rotatable bonds is 11. The lowest BCUT2D eigenvalue weighted by molar-refractivity contribution is 0.210. The molecule has 0 saturated heterocycles. The molecule has 3 rings (SSSR count). The average Bonchev–Trinajstić information content (AvgIpc) is 3.46. The third-order valence-corrected chi connectivity index (χ3v) is 4.82.